The summed E-state index contributed by atoms with van der Waals surface area (Å²) in [5, 5.41) is 13.1. The fourth-order valence-electron chi connectivity index (χ4n) is 2.76. The molecule has 0 amide bonds. The Kier molecular flexibility index (Phi) is 6.74. The zero-order chi connectivity index (χ0) is 14.4. The largest absolute Gasteiger partial charge is 0.394 e. The molecule has 0 aliphatic heterocycles. The van der Waals surface area contributed by atoms with Gasteiger partial charge in [-0.3, -0.25) is 0 Å². The van der Waals surface area contributed by atoms with Crippen LogP contribution in [-0.2, 0) is 9.47 Å². The van der Waals surface area contributed by atoms with Crippen molar-refractivity contribution >= 4 is 0 Å². The molecule has 0 aromatic carbocycles. The summed E-state index contributed by atoms with van der Waals surface area (Å²) < 4.78 is 11.4. The summed E-state index contributed by atoms with van der Waals surface area (Å²) in [5.41, 5.74) is -0.251. The molecule has 0 aromatic heterocycles. The number of nitrogens with one attached hydrogen (secondary N) is 1. The standard InChI is InChI=1S/C15H31NO3/c1-5-16-15(12-17)8-6-7-13(11-15)19-10-9-14(2,3)18-4/h13,16-17H,5-12H2,1-4H3. The number of ether oxygens (including phenoxy) is 2. The summed E-state index contributed by atoms with van der Waals surface area (Å²) in [6.45, 7) is 8.05. The Labute approximate surface area is 117 Å². The van der Waals surface area contributed by atoms with Crippen molar-refractivity contribution < 1.29 is 14.6 Å². The predicted molar refractivity (Wildman–Crippen MR) is 77.4 cm³/mol. The smallest absolute Gasteiger partial charge is 0.0644 e. The molecule has 4 heteroatoms. The van der Waals surface area contributed by atoms with Gasteiger partial charge < -0.3 is 19.9 Å². The van der Waals surface area contributed by atoms with E-state index in [1.54, 1.807) is 7.11 Å². The highest BCUT2D eigenvalue weighted by molar-refractivity contribution is 4.93. The predicted octanol–water partition coefficient (Wildman–Crippen LogP) is 2.10. The van der Waals surface area contributed by atoms with E-state index in [-0.39, 0.29) is 23.9 Å². The van der Waals surface area contributed by atoms with E-state index in [1.807, 2.05) is 0 Å². The van der Waals surface area contributed by atoms with Gasteiger partial charge in [0.1, 0.15) is 0 Å². The van der Waals surface area contributed by atoms with Gasteiger partial charge in [0.2, 0.25) is 0 Å². The lowest BCUT2D eigenvalue weighted by atomic mass is 9.80. The highest BCUT2D eigenvalue weighted by Gasteiger charge is 2.35. The van der Waals surface area contributed by atoms with E-state index in [0.29, 0.717) is 0 Å². The van der Waals surface area contributed by atoms with Crippen molar-refractivity contribution in [2.75, 3.05) is 26.9 Å². The lowest BCUT2D eigenvalue weighted by Gasteiger charge is -2.40. The van der Waals surface area contributed by atoms with Crippen LogP contribution >= 0.6 is 0 Å². The molecule has 1 aliphatic rings. The molecule has 2 unspecified atom stereocenters. The molecule has 0 heterocycles. The van der Waals surface area contributed by atoms with Crippen LogP contribution in [0.5, 0.6) is 0 Å². The number of rotatable bonds is 8. The summed E-state index contributed by atoms with van der Waals surface area (Å²) in [4.78, 5) is 0. The number of methoxy groups -OCH3 is 1. The maximum Gasteiger partial charge on any atom is 0.0644 e. The van der Waals surface area contributed by atoms with Crippen LogP contribution < -0.4 is 5.32 Å². The minimum Gasteiger partial charge on any atom is -0.394 e. The number of likely N-dealkylation sites (N-methyl/N-ethyl adjacent to an activating group) is 1. The highest BCUT2D eigenvalue weighted by Crippen LogP contribution is 2.30. The van der Waals surface area contributed by atoms with Crippen LogP contribution in [-0.4, -0.2) is 49.2 Å². The lowest BCUT2D eigenvalue weighted by molar-refractivity contribution is -0.0498. The number of hydrogen-bond donors (Lipinski definition) is 2. The summed E-state index contributed by atoms with van der Waals surface area (Å²) in [7, 11) is 1.74. The minimum absolute atomic E-state index is 0.121. The Bertz CT molecular complexity index is 254. The average molecular weight is 273 g/mol. The van der Waals surface area contributed by atoms with Crippen molar-refractivity contribution in [1.29, 1.82) is 0 Å². The fourth-order valence-corrected chi connectivity index (χ4v) is 2.76. The van der Waals surface area contributed by atoms with Gasteiger partial charge >= 0.3 is 0 Å². The van der Waals surface area contributed by atoms with Crippen LogP contribution in [0.2, 0.25) is 0 Å². The summed E-state index contributed by atoms with van der Waals surface area (Å²) in [5.74, 6) is 0. The molecule has 2 N–H and O–H groups in total. The van der Waals surface area contributed by atoms with Gasteiger partial charge in [-0.25, -0.2) is 0 Å². The fraction of sp³-hybridized carbons (Fsp3) is 1.00. The van der Waals surface area contributed by atoms with Crippen LogP contribution in [0.15, 0.2) is 0 Å². The molecule has 1 fully saturated rings. The topological polar surface area (TPSA) is 50.7 Å². The van der Waals surface area contributed by atoms with E-state index in [2.05, 4.69) is 26.1 Å². The first-order chi connectivity index (χ1) is 8.97. The Morgan fingerprint density at radius 3 is 2.74 bits per heavy atom. The van der Waals surface area contributed by atoms with E-state index in [4.69, 9.17) is 9.47 Å². The molecular weight excluding hydrogens is 242 g/mol. The van der Waals surface area contributed by atoms with E-state index in [9.17, 15) is 5.11 Å². The van der Waals surface area contributed by atoms with Gasteiger partial charge in [0.05, 0.1) is 18.3 Å². The second-order valence-electron chi connectivity index (χ2n) is 6.27. The van der Waals surface area contributed by atoms with Gasteiger partial charge in [-0.05, 0) is 52.5 Å². The van der Waals surface area contributed by atoms with Gasteiger partial charge in [0.15, 0.2) is 0 Å². The van der Waals surface area contributed by atoms with Crippen molar-refractivity contribution in [2.24, 2.45) is 0 Å². The molecule has 1 aliphatic carbocycles. The average Bonchev–Trinajstić information content (AvgIpc) is 2.39. The monoisotopic (exact) mass is 273 g/mol. The Morgan fingerprint density at radius 1 is 1.42 bits per heavy atom. The molecule has 0 aromatic rings. The molecule has 0 radical (unpaired) electrons. The van der Waals surface area contributed by atoms with Crippen molar-refractivity contribution in [3.05, 3.63) is 0 Å². The Morgan fingerprint density at radius 2 is 2.16 bits per heavy atom. The third kappa shape index (κ3) is 5.38. The molecular formula is C15H31NO3. The van der Waals surface area contributed by atoms with Crippen LogP contribution in [0, 0.1) is 0 Å². The van der Waals surface area contributed by atoms with Gasteiger partial charge in [-0.1, -0.05) is 6.92 Å². The van der Waals surface area contributed by atoms with Crippen LogP contribution in [0.4, 0.5) is 0 Å². The highest BCUT2D eigenvalue weighted by atomic mass is 16.5. The molecule has 2 atom stereocenters. The quantitative estimate of drug-likeness (QED) is 0.711. The molecule has 19 heavy (non-hydrogen) atoms. The van der Waals surface area contributed by atoms with Crippen LogP contribution in [0.1, 0.15) is 52.9 Å². The first-order valence-corrected chi connectivity index (χ1v) is 7.49. The summed E-state index contributed by atoms with van der Waals surface area (Å²) in [6.07, 6.45) is 5.32. The number of hydrogen-bond acceptors (Lipinski definition) is 4. The van der Waals surface area contributed by atoms with E-state index in [1.165, 1.54) is 0 Å². The maximum atomic E-state index is 9.65. The van der Waals surface area contributed by atoms with Gasteiger partial charge in [-0.15, -0.1) is 0 Å². The summed E-state index contributed by atoms with van der Waals surface area (Å²) >= 11 is 0. The minimum atomic E-state index is -0.131. The van der Waals surface area contributed by atoms with Gasteiger partial charge in [-0.2, -0.15) is 0 Å². The molecule has 0 spiro atoms. The third-order valence-corrected chi connectivity index (χ3v) is 4.26. The zero-order valence-electron chi connectivity index (χ0n) is 13.0. The van der Waals surface area contributed by atoms with E-state index >= 15 is 0 Å². The third-order valence-electron chi connectivity index (χ3n) is 4.26. The Balaban J connectivity index is 2.38. The van der Waals surface area contributed by atoms with Gasteiger partial charge in [0.25, 0.3) is 0 Å². The molecule has 0 saturated heterocycles. The lowest BCUT2D eigenvalue weighted by Crippen LogP contribution is -2.53. The van der Waals surface area contributed by atoms with Crippen LogP contribution in [0.25, 0.3) is 0 Å². The van der Waals surface area contributed by atoms with Crippen molar-refractivity contribution in [1.82, 2.24) is 5.32 Å². The number of aliphatic hydroxyl groups is 1. The molecule has 114 valence electrons. The first kappa shape index (κ1) is 16.9. The van der Waals surface area contributed by atoms with Crippen molar-refractivity contribution in [3.8, 4) is 0 Å². The maximum absolute atomic E-state index is 9.65. The Hall–Kier alpha value is -0.160. The second kappa shape index (κ2) is 7.58. The molecule has 1 rings (SSSR count). The van der Waals surface area contributed by atoms with Crippen molar-refractivity contribution in [2.45, 2.75) is 70.1 Å². The second-order valence-corrected chi connectivity index (χ2v) is 6.27. The van der Waals surface area contributed by atoms with Crippen molar-refractivity contribution in [3.63, 3.8) is 0 Å². The zero-order valence-corrected chi connectivity index (χ0v) is 13.0. The van der Waals surface area contributed by atoms with E-state index in [0.717, 1.165) is 45.3 Å². The molecule has 4 nitrogen and oxygen atoms in total. The number of aliphatic hydroxyl groups excluding tert-OH is 1. The normalized spacial score (nSPS) is 28.6. The van der Waals surface area contributed by atoms with Gasteiger partial charge in [0, 0.05) is 19.3 Å². The summed E-state index contributed by atoms with van der Waals surface area (Å²) in [6, 6.07) is 0. The van der Waals surface area contributed by atoms with E-state index < -0.39 is 0 Å². The first-order valence-electron chi connectivity index (χ1n) is 7.49. The molecule has 0 bridgehead atoms. The van der Waals surface area contributed by atoms with Crippen LogP contribution in [0.3, 0.4) is 0 Å². The SMILES string of the molecule is CCNC1(CO)CCCC(OCCC(C)(C)OC)C1. The molecule has 1 saturated carbocycles.